The van der Waals surface area contributed by atoms with Crippen LogP contribution in [0.1, 0.15) is 11.3 Å². The Kier molecular flexibility index (Phi) is 6.12. The smallest absolute Gasteiger partial charge is 0.244 e. The van der Waals surface area contributed by atoms with Crippen molar-refractivity contribution in [2.45, 2.75) is 6.54 Å². The van der Waals surface area contributed by atoms with E-state index in [4.69, 9.17) is 21.3 Å². The molecule has 35 heavy (non-hydrogen) atoms. The molecule has 174 valence electrons. The van der Waals surface area contributed by atoms with Crippen molar-refractivity contribution < 1.29 is 14.6 Å². The van der Waals surface area contributed by atoms with Gasteiger partial charge >= 0.3 is 0 Å². The number of carbonyl (C=O) groups excluding carboxylic acids is 1. The lowest BCUT2D eigenvalue weighted by atomic mass is 10.1. The van der Waals surface area contributed by atoms with Gasteiger partial charge in [0.05, 0.1) is 30.6 Å². The van der Waals surface area contributed by atoms with Crippen LogP contribution in [0.3, 0.4) is 0 Å². The number of hydrogen-bond donors (Lipinski definition) is 3. The van der Waals surface area contributed by atoms with Crippen LogP contribution in [-0.4, -0.2) is 28.1 Å². The van der Waals surface area contributed by atoms with Gasteiger partial charge in [0, 0.05) is 33.0 Å². The Bertz CT molecular complexity index is 1570. The van der Waals surface area contributed by atoms with Crippen LogP contribution in [0, 0.1) is 0 Å². The summed E-state index contributed by atoms with van der Waals surface area (Å²) in [5.74, 6) is 0.188. The van der Waals surface area contributed by atoms with E-state index in [9.17, 15) is 9.90 Å². The van der Waals surface area contributed by atoms with Crippen LogP contribution in [0.4, 0.5) is 0 Å². The molecule has 0 saturated heterocycles. The largest absolute Gasteiger partial charge is 0.504 e. The van der Waals surface area contributed by atoms with Crippen LogP contribution >= 0.6 is 11.6 Å². The summed E-state index contributed by atoms with van der Waals surface area (Å²) in [4.78, 5) is 20.8. The second kappa shape index (κ2) is 9.52. The number of aromatic nitrogens is 2. The molecule has 3 N–H and O–H groups in total. The zero-order valence-electron chi connectivity index (χ0n) is 18.9. The highest BCUT2D eigenvalue weighted by Crippen LogP contribution is 2.36. The van der Waals surface area contributed by atoms with Gasteiger partial charge in [0.25, 0.3) is 0 Å². The van der Waals surface area contributed by atoms with E-state index in [1.165, 1.54) is 13.2 Å². The molecule has 0 bridgehead atoms. The zero-order valence-corrected chi connectivity index (χ0v) is 19.6. The van der Waals surface area contributed by atoms with Gasteiger partial charge in [-0.2, -0.15) is 0 Å². The van der Waals surface area contributed by atoms with Gasteiger partial charge in [-0.25, -0.2) is 4.98 Å². The standard InChI is InChI=1S/C28H22ClN3O3/c1-35-25-14-18(9-12-24(25)33)27-28-22(21-4-2-3-5-23(21)32-28)15-20(31-27)16-30-26(34)13-8-17-6-10-19(29)11-7-17/h2-15,32-33H,16H2,1H3,(H,30,34)/b13-8+. The molecule has 1 amide bonds. The molecule has 0 aliphatic carbocycles. The first-order valence-electron chi connectivity index (χ1n) is 11.0. The number of phenols is 1. The average molecular weight is 484 g/mol. The first-order chi connectivity index (χ1) is 17.0. The van der Waals surface area contributed by atoms with Crippen molar-refractivity contribution >= 4 is 45.4 Å². The van der Waals surface area contributed by atoms with Crippen molar-refractivity contribution in [2.24, 2.45) is 0 Å². The average Bonchev–Trinajstić information content (AvgIpc) is 3.25. The molecule has 0 fully saturated rings. The Morgan fingerprint density at radius 2 is 1.89 bits per heavy atom. The molecular formula is C28H22ClN3O3. The van der Waals surface area contributed by atoms with E-state index in [1.807, 2.05) is 42.5 Å². The van der Waals surface area contributed by atoms with Crippen molar-refractivity contribution in [2.75, 3.05) is 7.11 Å². The topological polar surface area (TPSA) is 87.2 Å². The minimum absolute atomic E-state index is 0.0556. The molecule has 7 heteroatoms. The monoisotopic (exact) mass is 483 g/mol. The summed E-state index contributed by atoms with van der Waals surface area (Å²) in [5, 5.41) is 15.7. The predicted molar refractivity (Wildman–Crippen MR) is 140 cm³/mol. The van der Waals surface area contributed by atoms with Crippen molar-refractivity contribution in [3.63, 3.8) is 0 Å². The Hall–Kier alpha value is -4.29. The van der Waals surface area contributed by atoms with Crippen LogP contribution in [0.15, 0.2) is 78.9 Å². The zero-order chi connectivity index (χ0) is 24.4. The van der Waals surface area contributed by atoms with Gasteiger partial charge in [-0.05, 0) is 54.1 Å². The molecule has 0 aliphatic rings. The number of methoxy groups -OCH3 is 1. The summed E-state index contributed by atoms with van der Waals surface area (Å²) >= 11 is 5.91. The number of pyridine rings is 1. The third kappa shape index (κ3) is 4.69. The lowest BCUT2D eigenvalue weighted by Crippen LogP contribution is -2.21. The van der Waals surface area contributed by atoms with Crippen LogP contribution in [0.5, 0.6) is 11.5 Å². The Balaban J connectivity index is 1.49. The van der Waals surface area contributed by atoms with E-state index in [0.29, 0.717) is 22.2 Å². The highest BCUT2D eigenvalue weighted by Gasteiger charge is 2.15. The second-order valence-corrected chi connectivity index (χ2v) is 8.48. The molecule has 5 aromatic rings. The number of rotatable bonds is 6. The van der Waals surface area contributed by atoms with Gasteiger partial charge in [-0.3, -0.25) is 4.79 Å². The number of ether oxygens (including phenoxy) is 1. The highest BCUT2D eigenvalue weighted by atomic mass is 35.5. The van der Waals surface area contributed by atoms with E-state index in [-0.39, 0.29) is 18.2 Å². The Morgan fingerprint density at radius 1 is 1.09 bits per heavy atom. The lowest BCUT2D eigenvalue weighted by molar-refractivity contribution is -0.116. The summed E-state index contributed by atoms with van der Waals surface area (Å²) < 4.78 is 5.30. The van der Waals surface area contributed by atoms with Crippen molar-refractivity contribution in [1.29, 1.82) is 0 Å². The molecule has 6 nitrogen and oxygen atoms in total. The van der Waals surface area contributed by atoms with E-state index < -0.39 is 0 Å². The minimum Gasteiger partial charge on any atom is -0.504 e. The van der Waals surface area contributed by atoms with Crippen LogP contribution in [-0.2, 0) is 11.3 Å². The van der Waals surface area contributed by atoms with Crippen LogP contribution < -0.4 is 10.1 Å². The fourth-order valence-electron chi connectivity index (χ4n) is 4.01. The van der Waals surface area contributed by atoms with E-state index >= 15 is 0 Å². The first kappa shape index (κ1) is 22.5. The van der Waals surface area contributed by atoms with Crippen molar-refractivity contribution in [3.8, 4) is 22.8 Å². The maximum Gasteiger partial charge on any atom is 0.244 e. The molecule has 2 heterocycles. The molecule has 5 rings (SSSR count). The molecule has 0 unspecified atom stereocenters. The number of H-pyrrole nitrogens is 1. The molecule has 0 radical (unpaired) electrons. The van der Waals surface area contributed by atoms with Gasteiger partial charge in [0.2, 0.25) is 5.91 Å². The first-order valence-corrected chi connectivity index (χ1v) is 11.4. The number of phenolic OH excluding ortho intramolecular Hbond substituents is 1. The molecule has 0 atom stereocenters. The SMILES string of the molecule is COc1cc(-c2nc(CNC(=O)/C=C/c3ccc(Cl)cc3)cc3c2[nH]c2ccccc23)ccc1O. The fraction of sp³-hybridized carbons (Fsp3) is 0.0714. The number of hydrogen-bond acceptors (Lipinski definition) is 4. The number of nitrogens with zero attached hydrogens (tertiary/aromatic N) is 1. The summed E-state index contributed by atoms with van der Waals surface area (Å²) in [6, 6.07) is 22.4. The number of halogens is 1. The number of aromatic amines is 1. The predicted octanol–water partition coefficient (Wildman–Crippen LogP) is 6.08. The van der Waals surface area contributed by atoms with E-state index in [1.54, 1.807) is 36.4 Å². The molecule has 3 aromatic carbocycles. The Labute approximate surface area is 206 Å². The number of carbonyl (C=O) groups is 1. The van der Waals surface area contributed by atoms with Gasteiger partial charge in [-0.1, -0.05) is 41.9 Å². The van der Waals surface area contributed by atoms with Crippen molar-refractivity contribution in [1.82, 2.24) is 15.3 Å². The minimum atomic E-state index is -0.228. The van der Waals surface area contributed by atoms with Crippen molar-refractivity contribution in [3.05, 3.63) is 95.2 Å². The number of fused-ring (bicyclic) bond motifs is 3. The fourth-order valence-corrected chi connectivity index (χ4v) is 4.13. The molecule has 0 saturated carbocycles. The summed E-state index contributed by atoms with van der Waals surface area (Å²) in [7, 11) is 1.51. The number of para-hydroxylation sites is 1. The lowest BCUT2D eigenvalue weighted by Gasteiger charge is -2.10. The quantitative estimate of drug-likeness (QED) is 0.255. The number of nitrogens with one attached hydrogen (secondary N) is 2. The van der Waals surface area contributed by atoms with Gasteiger partial charge < -0.3 is 20.1 Å². The van der Waals surface area contributed by atoms with Gasteiger partial charge in [0.15, 0.2) is 11.5 Å². The van der Waals surface area contributed by atoms with Crippen LogP contribution in [0.25, 0.3) is 39.1 Å². The Morgan fingerprint density at radius 3 is 2.69 bits per heavy atom. The third-order valence-electron chi connectivity index (χ3n) is 5.74. The molecule has 2 aromatic heterocycles. The normalized spacial score (nSPS) is 11.4. The van der Waals surface area contributed by atoms with E-state index in [0.717, 1.165) is 32.9 Å². The van der Waals surface area contributed by atoms with Crippen LogP contribution in [0.2, 0.25) is 5.02 Å². The number of amides is 1. The maximum absolute atomic E-state index is 12.5. The summed E-state index contributed by atoms with van der Waals surface area (Å²) in [5.41, 5.74) is 4.94. The summed E-state index contributed by atoms with van der Waals surface area (Å²) in [6.45, 7) is 0.251. The number of benzene rings is 3. The second-order valence-electron chi connectivity index (χ2n) is 8.04. The molecule has 0 aliphatic heterocycles. The molecule has 0 spiro atoms. The highest BCUT2D eigenvalue weighted by molar-refractivity contribution is 6.30. The summed E-state index contributed by atoms with van der Waals surface area (Å²) in [6.07, 6.45) is 3.22. The third-order valence-corrected chi connectivity index (χ3v) is 6.00. The maximum atomic E-state index is 12.5. The van der Waals surface area contributed by atoms with E-state index in [2.05, 4.69) is 10.3 Å². The van der Waals surface area contributed by atoms with Gasteiger partial charge in [0.1, 0.15) is 0 Å². The number of aromatic hydroxyl groups is 1. The molecular weight excluding hydrogens is 462 g/mol. The van der Waals surface area contributed by atoms with Gasteiger partial charge in [-0.15, -0.1) is 0 Å².